The summed E-state index contributed by atoms with van der Waals surface area (Å²) < 4.78 is 0. The molecule has 1 aliphatic heterocycles. The number of nitrogens with zero attached hydrogens (tertiary/aromatic N) is 1. The molecule has 2 unspecified atom stereocenters. The molecule has 1 saturated heterocycles. The number of carbonyl (C=O) groups excluding carboxylic acids is 1. The van der Waals surface area contributed by atoms with Crippen molar-refractivity contribution in [2.45, 2.75) is 44.8 Å². The number of carbonyl (C=O) groups is 1. The number of hydrogen-bond donors (Lipinski definition) is 3. The Balaban J connectivity index is 2.40. The van der Waals surface area contributed by atoms with E-state index in [1.54, 1.807) is 7.05 Å². The van der Waals surface area contributed by atoms with E-state index >= 15 is 0 Å². The van der Waals surface area contributed by atoms with E-state index in [2.05, 4.69) is 29.4 Å². The molecule has 0 aromatic rings. The van der Waals surface area contributed by atoms with Gasteiger partial charge in [0.05, 0.1) is 12.6 Å². The molecule has 1 aliphatic rings. The zero-order valence-corrected chi connectivity index (χ0v) is 11.1. The van der Waals surface area contributed by atoms with Crippen LogP contribution in [0.3, 0.4) is 0 Å². The monoisotopic (exact) mass is 243 g/mol. The maximum atomic E-state index is 11.5. The number of aliphatic hydroxyl groups excluding tert-OH is 1. The van der Waals surface area contributed by atoms with Crippen LogP contribution in [0.1, 0.15) is 26.7 Å². The van der Waals surface area contributed by atoms with Crippen molar-refractivity contribution in [1.82, 2.24) is 15.5 Å². The smallest absolute Gasteiger partial charge is 0.236 e. The van der Waals surface area contributed by atoms with Crippen LogP contribution in [0.15, 0.2) is 0 Å². The highest BCUT2D eigenvalue weighted by atomic mass is 16.3. The fourth-order valence-electron chi connectivity index (χ4n) is 2.32. The predicted molar refractivity (Wildman–Crippen MR) is 67.8 cm³/mol. The van der Waals surface area contributed by atoms with E-state index in [4.69, 9.17) is 5.11 Å². The van der Waals surface area contributed by atoms with Crippen molar-refractivity contribution in [3.63, 3.8) is 0 Å². The quantitative estimate of drug-likeness (QED) is 0.591. The zero-order chi connectivity index (χ0) is 12.8. The van der Waals surface area contributed by atoms with Crippen molar-refractivity contribution in [3.05, 3.63) is 0 Å². The third-order valence-electron chi connectivity index (χ3n) is 3.38. The summed E-state index contributed by atoms with van der Waals surface area (Å²) >= 11 is 0. The zero-order valence-electron chi connectivity index (χ0n) is 11.1. The van der Waals surface area contributed by atoms with Gasteiger partial charge in [0.1, 0.15) is 0 Å². The minimum atomic E-state index is -0.0480. The molecule has 5 heteroatoms. The Hall–Kier alpha value is -0.650. The molecule has 2 atom stereocenters. The first-order valence-corrected chi connectivity index (χ1v) is 6.41. The third kappa shape index (κ3) is 4.26. The first kappa shape index (κ1) is 14.4. The molecule has 0 saturated carbocycles. The van der Waals surface area contributed by atoms with Gasteiger partial charge in [0.2, 0.25) is 5.91 Å². The minimum Gasteiger partial charge on any atom is -0.395 e. The summed E-state index contributed by atoms with van der Waals surface area (Å²) in [4.78, 5) is 13.7. The van der Waals surface area contributed by atoms with E-state index < -0.39 is 0 Å². The summed E-state index contributed by atoms with van der Waals surface area (Å²) in [5.41, 5.74) is 0. The summed E-state index contributed by atoms with van der Waals surface area (Å²) in [5.74, 6) is 0.0748. The molecule has 1 fully saturated rings. The maximum absolute atomic E-state index is 11.5. The fraction of sp³-hybridized carbons (Fsp3) is 0.917. The molecular formula is C12H25N3O2. The molecule has 3 N–H and O–H groups in total. The van der Waals surface area contributed by atoms with Crippen molar-refractivity contribution in [3.8, 4) is 0 Å². The van der Waals surface area contributed by atoms with Gasteiger partial charge in [-0.1, -0.05) is 0 Å². The van der Waals surface area contributed by atoms with Crippen LogP contribution in [0.5, 0.6) is 0 Å². The summed E-state index contributed by atoms with van der Waals surface area (Å²) in [6.07, 6.45) is 1.92. The van der Waals surface area contributed by atoms with E-state index in [0.717, 1.165) is 19.4 Å². The van der Waals surface area contributed by atoms with Crippen LogP contribution in [-0.4, -0.2) is 60.8 Å². The van der Waals surface area contributed by atoms with Gasteiger partial charge in [-0.2, -0.15) is 0 Å². The molecule has 5 nitrogen and oxygen atoms in total. The van der Waals surface area contributed by atoms with Gasteiger partial charge >= 0.3 is 0 Å². The van der Waals surface area contributed by atoms with Gasteiger partial charge in [0.25, 0.3) is 0 Å². The first-order valence-electron chi connectivity index (χ1n) is 6.41. The Labute approximate surface area is 104 Å². The largest absolute Gasteiger partial charge is 0.395 e. The van der Waals surface area contributed by atoms with E-state index in [-0.39, 0.29) is 18.6 Å². The van der Waals surface area contributed by atoms with Gasteiger partial charge in [-0.15, -0.1) is 0 Å². The second-order valence-electron chi connectivity index (χ2n) is 4.92. The molecule has 0 aromatic carbocycles. The third-order valence-corrected chi connectivity index (χ3v) is 3.38. The van der Waals surface area contributed by atoms with Crippen molar-refractivity contribution in [2.24, 2.45) is 0 Å². The molecule has 0 bridgehead atoms. The minimum absolute atomic E-state index is 0.0480. The molecule has 1 heterocycles. The fourth-order valence-corrected chi connectivity index (χ4v) is 2.32. The highest BCUT2D eigenvalue weighted by molar-refractivity contribution is 5.81. The van der Waals surface area contributed by atoms with E-state index in [9.17, 15) is 4.79 Å². The van der Waals surface area contributed by atoms with Crippen LogP contribution in [0.25, 0.3) is 0 Å². The maximum Gasteiger partial charge on any atom is 0.236 e. The molecule has 17 heavy (non-hydrogen) atoms. The Kier molecular flexibility index (Phi) is 5.88. The van der Waals surface area contributed by atoms with Crippen molar-refractivity contribution < 1.29 is 9.90 Å². The molecule has 0 radical (unpaired) electrons. The molecule has 1 rings (SSSR count). The van der Waals surface area contributed by atoms with Crippen LogP contribution < -0.4 is 10.6 Å². The van der Waals surface area contributed by atoms with Crippen LogP contribution in [0.2, 0.25) is 0 Å². The SMILES string of the molecule is CNC(=O)C1CCC(CN(CCO)C(C)C)N1. The van der Waals surface area contributed by atoms with Gasteiger partial charge in [-0.05, 0) is 26.7 Å². The standard InChI is InChI=1S/C12H25N3O2/c1-9(2)15(6-7-16)8-10-4-5-11(14-10)12(17)13-3/h9-11,14,16H,4-8H2,1-3H3,(H,13,17). The lowest BCUT2D eigenvalue weighted by atomic mass is 10.1. The van der Waals surface area contributed by atoms with Crippen molar-refractivity contribution in [2.75, 3.05) is 26.7 Å². The van der Waals surface area contributed by atoms with Gasteiger partial charge in [0.15, 0.2) is 0 Å². The van der Waals surface area contributed by atoms with Crippen LogP contribution in [-0.2, 0) is 4.79 Å². The number of aliphatic hydroxyl groups is 1. The number of nitrogens with one attached hydrogen (secondary N) is 2. The van der Waals surface area contributed by atoms with Crippen molar-refractivity contribution >= 4 is 5.91 Å². The summed E-state index contributed by atoms with van der Waals surface area (Å²) in [5, 5.41) is 15.0. The Bertz CT molecular complexity index is 246. The lowest BCUT2D eigenvalue weighted by Crippen LogP contribution is -2.47. The highest BCUT2D eigenvalue weighted by Gasteiger charge is 2.29. The Morgan fingerprint density at radius 3 is 2.76 bits per heavy atom. The lowest BCUT2D eigenvalue weighted by molar-refractivity contribution is -0.122. The van der Waals surface area contributed by atoms with Crippen LogP contribution in [0.4, 0.5) is 0 Å². The van der Waals surface area contributed by atoms with Crippen LogP contribution in [0, 0.1) is 0 Å². The first-order chi connectivity index (χ1) is 8.08. The van der Waals surface area contributed by atoms with Gasteiger partial charge in [-0.25, -0.2) is 0 Å². The topological polar surface area (TPSA) is 64.6 Å². The molecule has 0 aromatic heterocycles. The Morgan fingerprint density at radius 1 is 1.53 bits per heavy atom. The second kappa shape index (κ2) is 6.93. The summed E-state index contributed by atoms with van der Waals surface area (Å²) in [6, 6.07) is 0.724. The summed E-state index contributed by atoms with van der Waals surface area (Å²) in [6.45, 7) is 6.03. The predicted octanol–water partition coefficient (Wildman–Crippen LogP) is -0.444. The molecule has 100 valence electrons. The van der Waals surface area contributed by atoms with Gasteiger partial charge in [-0.3, -0.25) is 9.69 Å². The number of hydrogen-bond acceptors (Lipinski definition) is 4. The van der Waals surface area contributed by atoms with Crippen LogP contribution >= 0.6 is 0 Å². The van der Waals surface area contributed by atoms with Gasteiger partial charge in [0, 0.05) is 32.2 Å². The summed E-state index contributed by atoms with van der Waals surface area (Å²) in [7, 11) is 1.67. The normalized spacial score (nSPS) is 24.6. The molecule has 0 spiro atoms. The average molecular weight is 243 g/mol. The van der Waals surface area contributed by atoms with Gasteiger partial charge < -0.3 is 15.7 Å². The lowest BCUT2D eigenvalue weighted by Gasteiger charge is -2.28. The van der Waals surface area contributed by atoms with E-state index in [1.165, 1.54) is 0 Å². The number of likely N-dealkylation sites (N-methyl/N-ethyl adjacent to an activating group) is 1. The number of rotatable bonds is 6. The van der Waals surface area contributed by atoms with E-state index in [0.29, 0.717) is 18.6 Å². The average Bonchev–Trinajstić information content (AvgIpc) is 2.76. The number of amides is 1. The van der Waals surface area contributed by atoms with Crippen molar-refractivity contribution in [1.29, 1.82) is 0 Å². The molecule has 1 amide bonds. The van der Waals surface area contributed by atoms with E-state index in [1.807, 2.05) is 0 Å². The molecular weight excluding hydrogens is 218 g/mol. The highest BCUT2D eigenvalue weighted by Crippen LogP contribution is 2.14. The Morgan fingerprint density at radius 2 is 2.24 bits per heavy atom. The molecule has 0 aliphatic carbocycles. The second-order valence-corrected chi connectivity index (χ2v) is 4.92.